The third-order valence-corrected chi connectivity index (χ3v) is 3.14. The normalized spacial score (nSPS) is 18.5. The smallest absolute Gasteiger partial charge is 0.147 e. The maximum Gasteiger partial charge on any atom is 0.147 e. The molecule has 1 aromatic rings. The van der Waals surface area contributed by atoms with Crippen molar-refractivity contribution < 1.29 is 0 Å². The number of hydrogen-bond donors (Lipinski definition) is 1. The molecule has 0 aliphatic carbocycles. The Labute approximate surface area is 94.3 Å². The van der Waals surface area contributed by atoms with Gasteiger partial charge in [0.1, 0.15) is 12.2 Å². The molecule has 1 atom stereocenters. The minimum Gasteiger partial charge on any atom is -0.393 e. The van der Waals surface area contributed by atoms with Gasteiger partial charge in [-0.2, -0.15) is 0 Å². The van der Waals surface area contributed by atoms with Crippen LogP contribution in [0.3, 0.4) is 0 Å². The molecule has 1 aromatic heterocycles. The summed E-state index contributed by atoms with van der Waals surface area (Å²) in [6.07, 6.45) is 1.78. The molecule has 1 aliphatic rings. The molecule has 0 aromatic carbocycles. The Hall–Kier alpha value is -1.01. The zero-order chi connectivity index (χ0) is 10.8. The summed E-state index contributed by atoms with van der Waals surface area (Å²) >= 11 is 4.97. The average Bonchev–Trinajstić information content (AvgIpc) is 2.64. The molecular formula is C9H15N5S. The molecule has 82 valence electrons. The molecule has 0 bridgehead atoms. The first kappa shape index (κ1) is 10.5. The van der Waals surface area contributed by atoms with Crippen molar-refractivity contribution >= 4 is 17.2 Å². The van der Waals surface area contributed by atoms with Crippen LogP contribution in [0.2, 0.25) is 0 Å². The Kier molecular flexibility index (Phi) is 2.97. The van der Waals surface area contributed by atoms with Gasteiger partial charge in [-0.25, -0.2) is 0 Å². The highest BCUT2D eigenvalue weighted by Crippen LogP contribution is 2.11. The van der Waals surface area contributed by atoms with Gasteiger partial charge in [0.05, 0.1) is 11.5 Å². The Morgan fingerprint density at radius 1 is 1.67 bits per heavy atom. The molecule has 2 heterocycles. The molecular weight excluding hydrogens is 210 g/mol. The average molecular weight is 225 g/mol. The number of aromatic nitrogens is 3. The van der Waals surface area contributed by atoms with Crippen molar-refractivity contribution in [3.8, 4) is 0 Å². The van der Waals surface area contributed by atoms with E-state index in [2.05, 4.69) is 26.6 Å². The SMILES string of the molecule is CC(CN1CCn2cnnc2C1)C(N)=S. The molecule has 15 heavy (non-hydrogen) atoms. The monoisotopic (exact) mass is 225 g/mol. The molecule has 5 nitrogen and oxygen atoms in total. The van der Waals surface area contributed by atoms with Crippen molar-refractivity contribution in [2.24, 2.45) is 11.7 Å². The number of rotatable bonds is 3. The standard InChI is InChI=1S/C9H15N5S/c1-7(9(10)15)4-13-2-3-14-6-11-12-8(14)5-13/h6-7H,2-5H2,1H3,(H2,10,15). The van der Waals surface area contributed by atoms with E-state index >= 15 is 0 Å². The van der Waals surface area contributed by atoms with Crippen molar-refractivity contribution in [2.75, 3.05) is 13.1 Å². The minimum atomic E-state index is 0.259. The van der Waals surface area contributed by atoms with Crippen LogP contribution < -0.4 is 5.73 Å². The second-order valence-corrected chi connectivity index (χ2v) is 4.45. The highest BCUT2D eigenvalue weighted by atomic mass is 32.1. The summed E-state index contributed by atoms with van der Waals surface area (Å²) in [5, 5.41) is 7.95. The fraction of sp³-hybridized carbons (Fsp3) is 0.667. The van der Waals surface area contributed by atoms with Crippen molar-refractivity contribution in [2.45, 2.75) is 20.0 Å². The van der Waals surface area contributed by atoms with E-state index in [1.165, 1.54) is 0 Å². The van der Waals surface area contributed by atoms with Crippen LogP contribution in [-0.4, -0.2) is 37.7 Å². The lowest BCUT2D eigenvalue weighted by Crippen LogP contribution is -2.39. The van der Waals surface area contributed by atoms with Crippen LogP contribution >= 0.6 is 12.2 Å². The van der Waals surface area contributed by atoms with Crippen LogP contribution in [0.4, 0.5) is 0 Å². The van der Waals surface area contributed by atoms with E-state index in [9.17, 15) is 0 Å². The fourth-order valence-corrected chi connectivity index (χ4v) is 1.82. The molecule has 2 rings (SSSR count). The van der Waals surface area contributed by atoms with Gasteiger partial charge in [0.25, 0.3) is 0 Å². The maximum absolute atomic E-state index is 5.60. The van der Waals surface area contributed by atoms with Gasteiger partial charge in [0, 0.05) is 25.6 Å². The Morgan fingerprint density at radius 3 is 3.20 bits per heavy atom. The summed E-state index contributed by atoms with van der Waals surface area (Å²) in [5.74, 6) is 1.28. The molecule has 0 spiro atoms. The Morgan fingerprint density at radius 2 is 2.47 bits per heavy atom. The molecule has 0 saturated heterocycles. The number of thiocarbonyl (C=S) groups is 1. The van der Waals surface area contributed by atoms with Crippen LogP contribution in [0.15, 0.2) is 6.33 Å². The highest BCUT2D eigenvalue weighted by Gasteiger charge is 2.19. The predicted molar refractivity (Wildman–Crippen MR) is 61.2 cm³/mol. The van der Waals surface area contributed by atoms with Crippen molar-refractivity contribution in [3.63, 3.8) is 0 Å². The molecule has 0 amide bonds. The first-order chi connectivity index (χ1) is 7.16. The second kappa shape index (κ2) is 4.24. The second-order valence-electron chi connectivity index (χ2n) is 3.98. The third kappa shape index (κ3) is 2.32. The summed E-state index contributed by atoms with van der Waals surface area (Å²) in [6, 6.07) is 0. The highest BCUT2D eigenvalue weighted by molar-refractivity contribution is 7.80. The van der Waals surface area contributed by atoms with Gasteiger partial charge >= 0.3 is 0 Å². The van der Waals surface area contributed by atoms with Crippen molar-refractivity contribution in [1.82, 2.24) is 19.7 Å². The lowest BCUT2D eigenvalue weighted by atomic mass is 10.1. The molecule has 0 fully saturated rings. The Bertz CT molecular complexity index is 361. The number of fused-ring (bicyclic) bond motifs is 1. The van der Waals surface area contributed by atoms with E-state index in [1.807, 2.05) is 0 Å². The van der Waals surface area contributed by atoms with Gasteiger partial charge in [0.2, 0.25) is 0 Å². The number of nitrogens with two attached hydrogens (primary N) is 1. The van der Waals surface area contributed by atoms with Crippen LogP contribution in [-0.2, 0) is 13.1 Å². The van der Waals surface area contributed by atoms with E-state index in [4.69, 9.17) is 18.0 Å². The third-order valence-electron chi connectivity index (χ3n) is 2.74. The Balaban J connectivity index is 1.95. The molecule has 0 radical (unpaired) electrons. The van der Waals surface area contributed by atoms with E-state index in [1.54, 1.807) is 6.33 Å². The molecule has 2 N–H and O–H groups in total. The van der Waals surface area contributed by atoms with E-state index in [0.717, 1.165) is 32.0 Å². The van der Waals surface area contributed by atoms with Gasteiger partial charge < -0.3 is 10.3 Å². The van der Waals surface area contributed by atoms with Gasteiger partial charge in [-0.05, 0) is 0 Å². The summed E-state index contributed by atoms with van der Waals surface area (Å²) < 4.78 is 2.09. The molecule has 6 heteroatoms. The van der Waals surface area contributed by atoms with Crippen LogP contribution in [0.1, 0.15) is 12.7 Å². The van der Waals surface area contributed by atoms with Crippen molar-refractivity contribution in [1.29, 1.82) is 0 Å². The van der Waals surface area contributed by atoms with Crippen molar-refractivity contribution in [3.05, 3.63) is 12.2 Å². The molecule has 1 unspecified atom stereocenters. The van der Waals surface area contributed by atoms with Gasteiger partial charge in [-0.3, -0.25) is 4.90 Å². The van der Waals surface area contributed by atoms with E-state index < -0.39 is 0 Å². The molecule has 0 saturated carbocycles. The maximum atomic E-state index is 5.60. The zero-order valence-corrected chi connectivity index (χ0v) is 9.57. The first-order valence-corrected chi connectivity index (χ1v) is 5.46. The summed E-state index contributed by atoms with van der Waals surface area (Å²) in [5.41, 5.74) is 5.60. The lowest BCUT2D eigenvalue weighted by molar-refractivity contribution is 0.206. The lowest BCUT2D eigenvalue weighted by Gasteiger charge is -2.28. The minimum absolute atomic E-state index is 0.259. The van der Waals surface area contributed by atoms with Gasteiger partial charge in [-0.15, -0.1) is 10.2 Å². The zero-order valence-electron chi connectivity index (χ0n) is 8.76. The molecule has 1 aliphatic heterocycles. The summed E-state index contributed by atoms with van der Waals surface area (Å²) in [4.78, 5) is 2.90. The number of nitrogens with zero attached hydrogens (tertiary/aromatic N) is 4. The first-order valence-electron chi connectivity index (χ1n) is 5.05. The van der Waals surface area contributed by atoms with Crippen LogP contribution in [0.25, 0.3) is 0 Å². The van der Waals surface area contributed by atoms with Gasteiger partial charge in [-0.1, -0.05) is 19.1 Å². The summed E-state index contributed by atoms with van der Waals surface area (Å²) in [6.45, 7) is 5.77. The van der Waals surface area contributed by atoms with E-state index in [-0.39, 0.29) is 5.92 Å². The topological polar surface area (TPSA) is 60.0 Å². The quantitative estimate of drug-likeness (QED) is 0.735. The number of hydrogen-bond acceptors (Lipinski definition) is 4. The summed E-state index contributed by atoms with van der Waals surface area (Å²) in [7, 11) is 0. The van der Waals surface area contributed by atoms with E-state index in [0.29, 0.717) is 4.99 Å². The van der Waals surface area contributed by atoms with Crippen LogP contribution in [0, 0.1) is 5.92 Å². The largest absolute Gasteiger partial charge is 0.393 e. The fourth-order valence-electron chi connectivity index (χ4n) is 1.75. The van der Waals surface area contributed by atoms with Crippen LogP contribution in [0.5, 0.6) is 0 Å². The van der Waals surface area contributed by atoms with Gasteiger partial charge in [0.15, 0.2) is 0 Å². The predicted octanol–water partition coefficient (Wildman–Crippen LogP) is 0.0159.